The van der Waals surface area contributed by atoms with Crippen LogP contribution in [0.3, 0.4) is 0 Å². The van der Waals surface area contributed by atoms with Crippen LogP contribution in [0.25, 0.3) is 22.3 Å². The largest absolute Gasteiger partial charge is 0.352 e. The van der Waals surface area contributed by atoms with Crippen molar-refractivity contribution < 1.29 is 18.3 Å². The van der Waals surface area contributed by atoms with Crippen molar-refractivity contribution in [2.75, 3.05) is 13.2 Å². The van der Waals surface area contributed by atoms with Crippen molar-refractivity contribution in [1.29, 1.82) is 0 Å². The quantitative estimate of drug-likeness (QED) is 0.306. The lowest BCUT2D eigenvalue weighted by Crippen LogP contribution is -2.32. The molecule has 0 spiro atoms. The van der Waals surface area contributed by atoms with E-state index in [1.54, 1.807) is 6.07 Å². The molecule has 0 unspecified atom stereocenters. The van der Waals surface area contributed by atoms with Gasteiger partial charge in [-0.25, -0.2) is 8.78 Å². The summed E-state index contributed by atoms with van der Waals surface area (Å²) in [6, 6.07) is 12.7. The van der Waals surface area contributed by atoms with Crippen LogP contribution in [-0.2, 0) is 15.9 Å². The predicted molar refractivity (Wildman–Crippen MR) is 135 cm³/mol. The first-order valence-corrected chi connectivity index (χ1v) is 12.5. The lowest BCUT2D eigenvalue weighted by atomic mass is 9.98. The molecular formula is C27H25Cl3F2O2. The minimum atomic E-state index is -0.637. The van der Waals surface area contributed by atoms with E-state index in [9.17, 15) is 4.39 Å². The van der Waals surface area contributed by atoms with Crippen molar-refractivity contribution in [3.05, 3.63) is 80.8 Å². The van der Waals surface area contributed by atoms with Crippen LogP contribution in [0, 0.1) is 17.6 Å². The Balaban J connectivity index is 1.47. The molecule has 0 atom stereocenters. The molecule has 3 aromatic carbocycles. The van der Waals surface area contributed by atoms with Crippen molar-refractivity contribution >= 4 is 34.8 Å². The van der Waals surface area contributed by atoms with E-state index in [1.165, 1.54) is 18.2 Å². The van der Waals surface area contributed by atoms with Gasteiger partial charge < -0.3 is 9.47 Å². The van der Waals surface area contributed by atoms with Crippen LogP contribution in [0.15, 0.2) is 48.5 Å². The number of rotatable bonds is 7. The van der Waals surface area contributed by atoms with Crippen LogP contribution in [-0.4, -0.2) is 19.5 Å². The second kappa shape index (κ2) is 11.4. The SMILES string of the molecule is CCCC1COC(CCc2ccc(-c3cc(F)c(-c4ccc(Cl)c(F)c4)c(Cl)c3)c(Cl)c2)OC1. The van der Waals surface area contributed by atoms with E-state index >= 15 is 4.39 Å². The Hall–Kier alpha value is -1.69. The molecule has 1 heterocycles. The van der Waals surface area contributed by atoms with Crippen molar-refractivity contribution in [2.24, 2.45) is 5.92 Å². The van der Waals surface area contributed by atoms with Gasteiger partial charge in [0.05, 0.1) is 23.3 Å². The molecule has 0 radical (unpaired) electrons. The van der Waals surface area contributed by atoms with E-state index in [0.717, 1.165) is 50.5 Å². The fourth-order valence-electron chi connectivity index (χ4n) is 4.21. The summed E-state index contributed by atoms with van der Waals surface area (Å²) in [6.45, 7) is 3.64. The molecular weight excluding hydrogens is 501 g/mol. The Morgan fingerprint density at radius 3 is 2.18 bits per heavy atom. The highest BCUT2D eigenvalue weighted by molar-refractivity contribution is 6.35. The molecule has 1 aliphatic heterocycles. The van der Waals surface area contributed by atoms with Crippen LogP contribution in [0.5, 0.6) is 0 Å². The van der Waals surface area contributed by atoms with E-state index in [4.69, 9.17) is 44.3 Å². The molecule has 0 amide bonds. The lowest BCUT2D eigenvalue weighted by Gasteiger charge is -2.29. The van der Waals surface area contributed by atoms with Crippen LogP contribution in [0.4, 0.5) is 8.78 Å². The standard InChI is InChI=1S/C27H25Cl3F2O2/c1-2-3-17-14-33-26(34-15-17)9-5-16-4-7-20(22(29)10-16)19-11-23(30)27(25(32)13-19)18-6-8-21(28)24(31)12-18/h4,6-8,10-13,17,26H,2-3,5,9,14-15H2,1H3. The van der Waals surface area contributed by atoms with Crippen molar-refractivity contribution in [3.8, 4) is 22.3 Å². The normalized spacial score (nSPS) is 18.3. The summed E-state index contributed by atoms with van der Waals surface area (Å²) in [5.74, 6) is -0.730. The molecule has 4 rings (SSSR count). The molecule has 0 aromatic heterocycles. The van der Waals surface area contributed by atoms with E-state index in [-0.39, 0.29) is 21.9 Å². The van der Waals surface area contributed by atoms with Gasteiger partial charge >= 0.3 is 0 Å². The maximum absolute atomic E-state index is 15.0. The summed E-state index contributed by atoms with van der Waals surface area (Å²) in [6.07, 6.45) is 3.53. The highest BCUT2D eigenvalue weighted by Crippen LogP contribution is 2.38. The summed E-state index contributed by atoms with van der Waals surface area (Å²) in [4.78, 5) is 0. The summed E-state index contributed by atoms with van der Waals surface area (Å²) >= 11 is 18.7. The van der Waals surface area contributed by atoms with E-state index in [2.05, 4.69) is 6.92 Å². The first-order chi connectivity index (χ1) is 16.4. The van der Waals surface area contributed by atoms with Crippen LogP contribution >= 0.6 is 34.8 Å². The van der Waals surface area contributed by atoms with Crippen LogP contribution in [0.1, 0.15) is 31.7 Å². The molecule has 7 heteroatoms. The fraction of sp³-hybridized carbons (Fsp3) is 0.333. The van der Waals surface area contributed by atoms with Crippen molar-refractivity contribution in [1.82, 2.24) is 0 Å². The third-order valence-electron chi connectivity index (χ3n) is 6.00. The zero-order chi connectivity index (χ0) is 24.2. The number of benzene rings is 3. The van der Waals surface area contributed by atoms with Crippen molar-refractivity contribution in [2.45, 2.75) is 38.9 Å². The Kier molecular flexibility index (Phi) is 8.49. The predicted octanol–water partition coefficient (Wildman–Crippen LogP) is 8.98. The zero-order valence-corrected chi connectivity index (χ0v) is 21.0. The van der Waals surface area contributed by atoms with Gasteiger partial charge in [-0.2, -0.15) is 0 Å². The van der Waals surface area contributed by atoms with E-state index in [1.807, 2.05) is 18.2 Å². The van der Waals surface area contributed by atoms with Gasteiger partial charge in [-0.05, 0) is 59.9 Å². The van der Waals surface area contributed by atoms with Gasteiger partial charge in [0.1, 0.15) is 11.6 Å². The lowest BCUT2D eigenvalue weighted by molar-refractivity contribution is -0.203. The highest BCUT2D eigenvalue weighted by atomic mass is 35.5. The van der Waals surface area contributed by atoms with Crippen LogP contribution in [0.2, 0.25) is 15.1 Å². The molecule has 0 saturated carbocycles. The molecule has 34 heavy (non-hydrogen) atoms. The second-order valence-corrected chi connectivity index (χ2v) is 9.77. The maximum Gasteiger partial charge on any atom is 0.157 e. The van der Waals surface area contributed by atoms with Gasteiger partial charge in [-0.3, -0.25) is 0 Å². The summed E-state index contributed by atoms with van der Waals surface area (Å²) in [5, 5.41) is 0.614. The molecule has 2 nitrogen and oxygen atoms in total. The third-order valence-corrected chi connectivity index (χ3v) is 6.91. The number of ether oxygens (including phenoxy) is 2. The number of halogens is 5. The number of hydrogen-bond donors (Lipinski definition) is 0. The Bertz CT molecular complexity index is 1140. The average Bonchev–Trinajstić information content (AvgIpc) is 2.80. The van der Waals surface area contributed by atoms with Gasteiger partial charge in [0, 0.05) is 28.5 Å². The third kappa shape index (κ3) is 5.92. The minimum absolute atomic E-state index is 0.0360. The monoisotopic (exact) mass is 524 g/mol. The topological polar surface area (TPSA) is 18.5 Å². The first-order valence-electron chi connectivity index (χ1n) is 11.3. The Morgan fingerprint density at radius 2 is 1.53 bits per heavy atom. The first kappa shape index (κ1) is 25.4. The molecule has 1 saturated heterocycles. The van der Waals surface area contributed by atoms with Crippen LogP contribution < -0.4 is 0 Å². The molecule has 0 bridgehead atoms. The van der Waals surface area contributed by atoms with E-state index < -0.39 is 11.6 Å². The molecule has 1 fully saturated rings. The second-order valence-electron chi connectivity index (χ2n) is 8.55. The molecule has 0 aliphatic carbocycles. The molecule has 180 valence electrons. The zero-order valence-electron chi connectivity index (χ0n) is 18.7. The van der Waals surface area contributed by atoms with E-state index in [0.29, 0.717) is 27.6 Å². The summed E-state index contributed by atoms with van der Waals surface area (Å²) in [7, 11) is 0. The smallest absolute Gasteiger partial charge is 0.157 e. The number of aryl methyl sites for hydroxylation is 1. The van der Waals surface area contributed by atoms with Gasteiger partial charge in [0.2, 0.25) is 0 Å². The Labute approximate surface area is 213 Å². The maximum atomic E-state index is 15.0. The minimum Gasteiger partial charge on any atom is -0.352 e. The van der Waals surface area contributed by atoms with Gasteiger partial charge in [-0.15, -0.1) is 0 Å². The molecule has 3 aromatic rings. The van der Waals surface area contributed by atoms with Gasteiger partial charge in [0.25, 0.3) is 0 Å². The Morgan fingerprint density at radius 1 is 0.794 bits per heavy atom. The summed E-state index contributed by atoms with van der Waals surface area (Å²) < 4.78 is 40.5. The van der Waals surface area contributed by atoms with Gasteiger partial charge in [0.15, 0.2) is 6.29 Å². The van der Waals surface area contributed by atoms with Crippen molar-refractivity contribution in [3.63, 3.8) is 0 Å². The average molecular weight is 526 g/mol. The summed E-state index contributed by atoms with van der Waals surface area (Å²) in [5.41, 5.74) is 2.66. The molecule has 1 aliphatic rings. The fourth-order valence-corrected chi connectivity index (χ4v) is 4.96. The number of hydrogen-bond acceptors (Lipinski definition) is 2. The highest BCUT2D eigenvalue weighted by Gasteiger charge is 2.21. The van der Waals surface area contributed by atoms with Gasteiger partial charge in [-0.1, -0.05) is 66.3 Å². The molecule has 0 N–H and O–H groups in total.